The number of ether oxygens (including phenoxy) is 4. The molecule has 1 amide bonds. The van der Waals surface area contributed by atoms with Crippen molar-refractivity contribution in [3.05, 3.63) is 23.8 Å². The standard InChI is InChI=1S/C14H22N2O5/c1-18-4-5-19-6-7-20-8-9-21-13-3-2-11(14(16)17)10-12(13)15/h2-3,10H,4-9,15H2,1H3,(H2,16,17). The smallest absolute Gasteiger partial charge is 0.248 e. The molecule has 0 aliphatic carbocycles. The molecule has 118 valence electrons. The van der Waals surface area contributed by atoms with Gasteiger partial charge >= 0.3 is 0 Å². The molecule has 7 nitrogen and oxygen atoms in total. The van der Waals surface area contributed by atoms with Crippen molar-refractivity contribution in [2.75, 3.05) is 52.5 Å². The van der Waals surface area contributed by atoms with Crippen molar-refractivity contribution in [1.29, 1.82) is 0 Å². The van der Waals surface area contributed by atoms with Crippen LogP contribution in [0.15, 0.2) is 18.2 Å². The molecular weight excluding hydrogens is 276 g/mol. The number of primary amides is 1. The fraction of sp³-hybridized carbons (Fsp3) is 0.500. The van der Waals surface area contributed by atoms with Gasteiger partial charge in [0.15, 0.2) is 0 Å². The number of nitrogen functional groups attached to an aromatic ring is 1. The van der Waals surface area contributed by atoms with Gasteiger partial charge in [0, 0.05) is 12.7 Å². The van der Waals surface area contributed by atoms with Crippen LogP contribution in [-0.2, 0) is 14.2 Å². The van der Waals surface area contributed by atoms with Crippen LogP contribution in [0, 0.1) is 0 Å². The van der Waals surface area contributed by atoms with Crippen molar-refractivity contribution < 1.29 is 23.7 Å². The van der Waals surface area contributed by atoms with E-state index in [1.165, 1.54) is 6.07 Å². The first kappa shape index (κ1) is 17.2. The molecule has 21 heavy (non-hydrogen) atoms. The average Bonchev–Trinajstić information content (AvgIpc) is 2.46. The van der Waals surface area contributed by atoms with E-state index in [1.807, 2.05) is 0 Å². The summed E-state index contributed by atoms with van der Waals surface area (Å²) in [5.74, 6) is -0.0231. The Morgan fingerprint density at radius 2 is 1.67 bits per heavy atom. The van der Waals surface area contributed by atoms with Gasteiger partial charge in [0.2, 0.25) is 5.91 Å². The second-order valence-electron chi connectivity index (χ2n) is 4.18. The van der Waals surface area contributed by atoms with E-state index in [1.54, 1.807) is 19.2 Å². The maximum absolute atomic E-state index is 11.0. The Bertz CT molecular complexity index is 439. The van der Waals surface area contributed by atoms with Gasteiger partial charge in [-0.2, -0.15) is 0 Å². The van der Waals surface area contributed by atoms with Gasteiger partial charge in [-0.15, -0.1) is 0 Å². The Hall–Kier alpha value is -1.83. The molecule has 0 saturated heterocycles. The Balaban J connectivity index is 2.14. The largest absolute Gasteiger partial charge is 0.489 e. The summed E-state index contributed by atoms with van der Waals surface area (Å²) >= 11 is 0. The summed E-state index contributed by atoms with van der Waals surface area (Å²) in [4.78, 5) is 11.0. The van der Waals surface area contributed by atoms with Crippen LogP contribution in [0.2, 0.25) is 0 Å². The van der Waals surface area contributed by atoms with E-state index in [4.69, 9.17) is 30.4 Å². The predicted molar refractivity (Wildman–Crippen MR) is 78.4 cm³/mol. The van der Waals surface area contributed by atoms with Gasteiger partial charge in [-0.25, -0.2) is 0 Å². The normalized spacial score (nSPS) is 10.5. The number of rotatable bonds is 11. The number of anilines is 1. The van der Waals surface area contributed by atoms with Crippen molar-refractivity contribution in [3.8, 4) is 5.75 Å². The van der Waals surface area contributed by atoms with Gasteiger partial charge in [-0.1, -0.05) is 0 Å². The number of hydrogen-bond acceptors (Lipinski definition) is 6. The second kappa shape index (κ2) is 9.98. The number of nitrogens with two attached hydrogens (primary N) is 2. The van der Waals surface area contributed by atoms with Gasteiger partial charge in [-0.3, -0.25) is 4.79 Å². The molecule has 0 bridgehead atoms. The van der Waals surface area contributed by atoms with Crippen LogP contribution in [0.5, 0.6) is 5.75 Å². The Kier molecular flexibility index (Phi) is 8.18. The molecule has 0 spiro atoms. The molecule has 0 aliphatic rings. The highest BCUT2D eigenvalue weighted by Crippen LogP contribution is 2.22. The molecule has 0 heterocycles. The quantitative estimate of drug-likeness (QED) is 0.453. The van der Waals surface area contributed by atoms with Gasteiger partial charge < -0.3 is 30.4 Å². The topological polar surface area (TPSA) is 106 Å². The third-order valence-corrected chi connectivity index (χ3v) is 2.58. The molecule has 0 unspecified atom stereocenters. The second-order valence-corrected chi connectivity index (χ2v) is 4.18. The van der Waals surface area contributed by atoms with Crippen LogP contribution in [0.25, 0.3) is 0 Å². The molecule has 0 saturated carbocycles. The molecule has 1 aromatic rings. The van der Waals surface area contributed by atoms with E-state index in [0.29, 0.717) is 56.6 Å². The highest BCUT2D eigenvalue weighted by Gasteiger charge is 2.05. The van der Waals surface area contributed by atoms with Gasteiger partial charge in [0.25, 0.3) is 0 Å². The van der Waals surface area contributed by atoms with Crippen LogP contribution in [0.3, 0.4) is 0 Å². The predicted octanol–water partition coefficient (Wildman–Crippen LogP) is 0.426. The number of carbonyl (C=O) groups excluding carboxylic acids is 1. The van der Waals surface area contributed by atoms with Crippen molar-refractivity contribution >= 4 is 11.6 Å². The van der Waals surface area contributed by atoms with E-state index in [2.05, 4.69) is 0 Å². The SMILES string of the molecule is COCCOCCOCCOc1ccc(C(N)=O)cc1N. The van der Waals surface area contributed by atoms with Crippen LogP contribution in [-0.4, -0.2) is 52.7 Å². The number of carbonyl (C=O) groups is 1. The molecule has 0 radical (unpaired) electrons. The summed E-state index contributed by atoms with van der Waals surface area (Å²) in [7, 11) is 1.62. The lowest BCUT2D eigenvalue weighted by Crippen LogP contribution is -2.13. The summed E-state index contributed by atoms with van der Waals surface area (Å²) < 4.78 is 20.9. The zero-order valence-electron chi connectivity index (χ0n) is 12.2. The third-order valence-electron chi connectivity index (χ3n) is 2.58. The van der Waals surface area contributed by atoms with Crippen molar-refractivity contribution in [2.24, 2.45) is 5.73 Å². The van der Waals surface area contributed by atoms with Gasteiger partial charge in [0.05, 0.1) is 38.7 Å². The zero-order chi connectivity index (χ0) is 15.5. The molecule has 0 fully saturated rings. The lowest BCUT2D eigenvalue weighted by atomic mass is 10.2. The molecular formula is C14H22N2O5. The fourth-order valence-electron chi connectivity index (χ4n) is 1.51. The third kappa shape index (κ3) is 6.94. The average molecular weight is 298 g/mol. The van der Waals surface area contributed by atoms with E-state index in [0.717, 1.165) is 0 Å². The first-order chi connectivity index (χ1) is 10.1. The number of hydrogen-bond donors (Lipinski definition) is 2. The van der Waals surface area contributed by atoms with E-state index >= 15 is 0 Å². The number of methoxy groups -OCH3 is 1. The first-order valence-corrected chi connectivity index (χ1v) is 6.61. The molecule has 4 N–H and O–H groups in total. The summed E-state index contributed by atoms with van der Waals surface area (Å²) in [5.41, 5.74) is 11.6. The van der Waals surface area contributed by atoms with Crippen molar-refractivity contribution in [3.63, 3.8) is 0 Å². The Morgan fingerprint density at radius 3 is 2.24 bits per heavy atom. The highest BCUT2D eigenvalue weighted by atomic mass is 16.6. The molecule has 1 rings (SSSR count). The minimum absolute atomic E-state index is 0.351. The monoisotopic (exact) mass is 298 g/mol. The summed E-state index contributed by atoms with van der Waals surface area (Å²) in [6.07, 6.45) is 0. The summed E-state index contributed by atoms with van der Waals surface area (Å²) in [6, 6.07) is 4.67. The molecule has 7 heteroatoms. The van der Waals surface area contributed by atoms with Crippen molar-refractivity contribution in [1.82, 2.24) is 0 Å². The lowest BCUT2D eigenvalue weighted by Gasteiger charge is -2.10. The van der Waals surface area contributed by atoms with E-state index < -0.39 is 5.91 Å². The highest BCUT2D eigenvalue weighted by molar-refractivity contribution is 5.94. The first-order valence-electron chi connectivity index (χ1n) is 6.61. The van der Waals surface area contributed by atoms with Crippen molar-refractivity contribution in [2.45, 2.75) is 0 Å². The molecule has 1 aromatic carbocycles. The zero-order valence-corrected chi connectivity index (χ0v) is 12.2. The minimum atomic E-state index is -0.523. The molecule has 0 aliphatic heterocycles. The van der Waals surface area contributed by atoms with Crippen LogP contribution in [0.1, 0.15) is 10.4 Å². The number of amides is 1. The van der Waals surface area contributed by atoms with Gasteiger partial charge in [-0.05, 0) is 18.2 Å². The van der Waals surface area contributed by atoms with Crippen LogP contribution >= 0.6 is 0 Å². The maximum Gasteiger partial charge on any atom is 0.248 e. The number of benzene rings is 1. The summed E-state index contributed by atoms with van der Waals surface area (Å²) in [5, 5.41) is 0. The minimum Gasteiger partial charge on any atom is -0.489 e. The maximum atomic E-state index is 11.0. The lowest BCUT2D eigenvalue weighted by molar-refractivity contribution is 0.0180. The van der Waals surface area contributed by atoms with Crippen LogP contribution < -0.4 is 16.2 Å². The van der Waals surface area contributed by atoms with Crippen LogP contribution in [0.4, 0.5) is 5.69 Å². The summed E-state index contributed by atoms with van der Waals surface area (Å²) in [6.45, 7) is 2.91. The molecule has 0 aromatic heterocycles. The fourth-order valence-corrected chi connectivity index (χ4v) is 1.51. The van der Waals surface area contributed by atoms with E-state index in [9.17, 15) is 4.79 Å². The Labute approximate surface area is 124 Å². The van der Waals surface area contributed by atoms with Gasteiger partial charge in [0.1, 0.15) is 12.4 Å². The van der Waals surface area contributed by atoms with E-state index in [-0.39, 0.29) is 0 Å². The Morgan fingerprint density at radius 1 is 1.05 bits per heavy atom. The molecule has 0 atom stereocenters.